The smallest absolute Gasteiger partial charge is 0.328 e. The van der Waals surface area contributed by atoms with Crippen molar-refractivity contribution < 1.29 is 105 Å². The van der Waals surface area contributed by atoms with Crippen molar-refractivity contribution in [1.82, 2.24) is 10.6 Å². The molecule has 2 aliphatic rings. The van der Waals surface area contributed by atoms with Gasteiger partial charge in [-0.05, 0) is 19.3 Å². The maximum absolute atomic E-state index is 12.8. The summed E-state index contributed by atoms with van der Waals surface area (Å²) in [5.41, 5.74) is 0. The maximum atomic E-state index is 12.8. The first-order valence-corrected chi connectivity index (χ1v) is 18.2. The van der Waals surface area contributed by atoms with E-state index in [9.17, 15) is 53.4 Å². The average Bonchev–Trinajstić information content (AvgIpc) is 3.14. The van der Waals surface area contributed by atoms with Gasteiger partial charge in [-0.1, -0.05) is 0 Å². The Morgan fingerprint density at radius 2 is 0.983 bits per heavy atom. The molecule has 0 aromatic heterocycles. The molecule has 2 fully saturated rings. The summed E-state index contributed by atoms with van der Waals surface area (Å²) in [6.07, 6.45) is -14.6. The Morgan fingerprint density at radius 3 is 1.37 bits per heavy atom. The molecule has 334 valence electrons. The van der Waals surface area contributed by atoms with Gasteiger partial charge in [-0.25, -0.2) is 4.79 Å². The number of hydrogen-bond acceptors (Lipinski definition) is 22. The second-order valence-electron chi connectivity index (χ2n) is 13.1. The van der Waals surface area contributed by atoms with E-state index in [2.05, 4.69) is 10.6 Å². The Balaban J connectivity index is 1.93. The highest BCUT2D eigenvalue weighted by atomic mass is 16.7. The van der Waals surface area contributed by atoms with Crippen LogP contribution < -0.4 is 10.6 Å². The fourth-order valence-corrected chi connectivity index (χ4v) is 5.75. The second kappa shape index (κ2) is 24.8. The number of unbranched alkanes of at least 4 members (excludes halogenated alkanes) is 1. The molecule has 0 radical (unpaired) electrons. The number of carbonyl (C=O) groups is 9. The zero-order valence-corrected chi connectivity index (χ0v) is 33.6. The maximum Gasteiger partial charge on any atom is 0.328 e. The summed E-state index contributed by atoms with van der Waals surface area (Å²) < 4.78 is 57.4. The predicted octanol–water partition coefficient (Wildman–Crippen LogP) is -3.01. The van der Waals surface area contributed by atoms with Gasteiger partial charge >= 0.3 is 41.8 Å². The first-order chi connectivity index (χ1) is 27.7. The standard InChI is InChI=1S/C35H52N2O22/c1-16(38)50-12-23-29(54-18(3)40)31(56-20(5)42)27(46)34(58-23)52-14-25(44)36-11-9-8-10-22(33(48)49-7)37-26(45)15-53-35-28(47)32(57-21(6)43)30(55-19(4)41)24(59-35)13-51-17(2)39/h22-24,27-32,34-35,46-47H,8-15H2,1-7H3,(H,36,44)(H,37,45)/t22-,23+,24+,27+,28+,29+,30+,31+,32+,34-,35-/m0/s1. The lowest BCUT2D eigenvalue weighted by atomic mass is 9.98. The molecule has 0 aromatic rings. The quantitative estimate of drug-likeness (QED) is 0.0507. The first kappa shape index (κ1) is 50.1. The molecule has 2 aliphatic heterocycles. The van der Waals surface area contributed by atoms with Crippen LogP contribution in [0.3, 0.4) is 0 Å². The monoisotopic (exact) mass is 852 g/mol. The molecule has 2 rings (SSSR count). The summed E-state index contributed by atoms with van der Waals surface area (Å²) in [5, 5.41) is 26.7. The summed E-state index contributed by atoms with van der Waals surface area (Å²) in [6, 6.07) is -1.18. The summed E-state index contributed by atoms with van der Waals surface area (Å²) in [4.78, 5) is 108. The van der Waals surface area contributed by atoms with Gasteiger partial charge in [0.25, 0.3) is 0 Å². The number of aliphatic hydroxyl groups excluding tert-OH is 2. The van der Waals surface area contributed by atoms with Crippen LogP contribution in [-0.4, -0.2) is 171 Å². The highest BCUT2D eigenvalue weighted by Gasteiger charge is 2.52. The van der Waals surface area contributed by atoms with Crippen LogP contribution in [0, 0.1) is 0 Å². The van der Waals surface area contributed by atoms with Crippen molar-refractivity contribution in [3.8, 4) is 0 Å². The molecule has 59 heavy (non-hydrogen) atoms. The SMILES string of the molecule is COC(=O)[C@H](CCCCNC(=O)CO[C@H]1O[C@H](COC(C)=O)[C@@H](OC(C)=O)[C@H](OC(C)=O)[C@H]1O)NC(=O)CO[C@H]1O[C@H](COC(C)=O)[C@@H](OC(C)=O)[C@H](OC(C)=O)[C@H]1O. The minimum atomic E-state index is -1.79. The number of ether oxygens (including phenoxy) is 11. The summed E-state index contributed by atoms with van der Waals surface area (Å²) in [5.74, 6) is -7.11. The van der Waals surface area contributed by atoms with Gasteiger partial charge in [0, 0.05) is 48.1 Å². The fraction of sp³-hybridized carbons (Fsp3) is 0.743. The number of esters is 7. The Bertz CT molecular complexity index is 1490. The lowest BCUT2D eigenvalue weighted by Gasteiger charge is -2.42. The highest BCUT2D eigenvalue weighted by Crippen LogP contribution is 2.29. The van der Waals surface area contributed by atoms with E-state index in [-0.39, 0.29) is 25.8 Å². The van der Waals surface area contributed by atoms with Crippen LogP contribution in [-0.2, 0) is 95.3 Å². The predicted molar refractivity (Wildman–Crippen MR) is 188 cm³/mol. The molecule has 2 saturated heterocycles. The molecule has 0 aliphatic carbocycles. The van der Waals surface area contributed by atoms with Crippen molar-refractivity contribution in [2.45, 2.75) is 128 Å². The van der Waals surface area contributed by atoms with Crippen LogP contribution in [0.25, 0.3) is 0 Å². The molecule has 0 aromatic carbocycles. The van der Waals surface area contributed by atoms with Gasteiger partial charge in [0.05, 0.1) is 7.11 Å². The van der Waals surface area contributed by atoms with Gasteiger partial charge in [-0.15, -0.1) is 0 Å². The normalized spacial score (nSPS) is 26.8. The van der Waals surface area contributed by atoms with Crippen molar-refractivity contribution in [3.05, 3.63) is 0 Å². The molecule has 2 amide bonds. The van der Waals surface area contributed by atoms with Gasteiger partial charge in [0.2, 0.25) is 11.8 Å². The molecule has 0 saturated carbocycles. The Labute approximate surface area is 338 Å². The third-order valence-corrected chi connectivity index (χ3v) is 8.16. The largest absolute Gasteiger partial charge is 0.467 e. The molecule has 0 unspecified atom stereocenters. The van der Waals surface area contributed by atoms with E-state index in [1.165, 1.54) is 0 Å². The van der Waals surface area contributed by atoms with Crippen molar-refractivity contribution in [1.29, 1.82) is 0 Å². The fourth-order valence-electron chi connectivity index (χ4n) is 5.75. The van der Waals surface area contributed by atoms with Crippen molar-refractivity contribution in [2.75, 3.05) is 40.1 Å². The third kappa shape index (κ3) is 17.4. The Hall–Kier alpha value is -5.01. The summed E-state index contributed by atoms with van der Waals surface area (Å²) in [7, 11) is 1.10. The van der Waals surface area contributed by atoms with Crippen molar-refractivity contribution in [3.63, 3.8) is 0 Å². The molecular weight excluding hydrogens is 800 g/mol. The highest BCUT2D eigenvalue weighted by molar-refractivity contribution is 5.85. The van der Waals surface area contributed by atoms with Crippen LogP contribution in [0.2, 0.25) is 0 Å². The summed E-state index contributed by atoms with van der Waals surface area (Å²) in [6.45, 7) is 4.05. The molecular formula is C35H52N2O22. The van der Waals surface area contributed by atoms with E-state index >= 15 is 0 Å². The number of amides is 2. The lowest BCUT2D eigenvalue weighted by Crippen LogP contribution is -2.62. The number of hydrogen-bond donors (Lipinski definition) is 4. The minimum absolute atomic E-state index is 0.0310. The lowest BCUT2D eigenvalue weighted by molar-refractivity contribution is -0.304. The second-order valence-corrected chi connectivity index (χ2v) is 13.1. The van der Waals surface area contributed by atoms with Gasteiger partial charge < -0.3 is 73.0 Å². The number of aliphatic hydroxyl groups is 2. The number of carbonyl (C=O) groups excluding carboxylic acids is 9. The van der Waals surface area contributed by atoms with E-state index in [4.69, 9.17) is 52.1 Å². The molecule has 0 spiro atoms. The molecule has 4 N–H and O–H groups in total. The van der Waals surface area contributed by atoms with Crippen LogP contribution in [0.5, 0.6) is 0 Å². The number of methoxy groups -OCH3 is 1. The Morgan fingerprint density at radius 1 is 0.576 bits per heavy atom. The first-order valence-electron chi connectivity index (χ1n) is 18.2. The molecule has 0 bridgehead atoms. The van der Waals surface area contributed by atoms with Crippen LogP contribution in [0.4, 0.5) is 0 Å². The average molecular weight is 853 g/mol. The van der Waals surface area contributed by atoms with E-state index < -0.39 is 147 Å². The van der Waals surface area contributed by atoms with Gasteiger partial charge in [-0.2, -0.15) is 0 Å². The molecule has 11 atom stereocenters. The van der Waals surface area contributed by atoms with Crippen molar-refractivity contribution in [2.24, 2.45) is 0 Å². The van der Waals surface area contributed by atoms with E-state index in [1.54, 1.807) is 0 Å². The van der Waals surface area contributed by atoms with Crippen LogP contribution >= 0.6 is 0 Å². The zero-order chi connectivity index (χ0) is 44.4. The van der Waals surface area contributed by atoms with E-state index in [1.807, 2.05) is 0 Å². The van der Waals surface area contributed by atoms with Crippen LogP contribution in [0.15, 0.2) is 0 Å². The molecule has 24 heteroatoms. The van der Waals surface area contributed by atoms with Gasteiger partial charge in [0.15, 0.2) is 37.0 Å². The van der Waals surface area contributed by atoms with E-state index in [0.717, 1.165) is 48.7 Å². The number of rotatable bonds is 21. The summed E-state index contributed by atoms with van der Waals surface area (Å²) >= 11 is 0. The topological polar surface area (TPSA) is 320 Å². The third-order valence-electron chi connectivity index (χ3n) is 8.16. The number of nitrogens with one attached hydrogen (secondary N) is 2. The Kier molecular flexibility index (Phi) is 21.1. The van der Waals surface area contributed by atoms with Crippen molar-refractivity contribution >= 4 is 53.6 Å². The molecule has 24 nitrogen and oxygen atoms in total. The molecule has 2 heterocycles. The van der Waals surface area contributed by atoms with Gasteiger partial charge in [-0.3, -0.25) is 38.4 Å². The zero-order valence-electron chi connectivity index (χ0n) is 33.6. The van der Waals surface area contributed by atoms with Crippen LogP contribution in [0.1, 0.15) is 60.8 Å². The van der Waals surface area contributed by atoms with E-state index in [0.29, 0.717) is 0 Å². The minimum Gasteiger partial charge on any atom is -0.467 e. The van der Waals surface area contributed by atoms with Gasteiger partial charge in [0.1, 0.15) is 56.9 Å².